The van der Waals surface area contributed by atoms with Crippen LogP contribution in [0, 0.1) is 6.92 Å². The molecule has 0 fully saturated rings. The van der Waals surface area contributed by atoms with Crippen LogP contribution in [0.1, 0.15) is 26.5 Å². The van der Waals surface area contributed by atoms with Gasteiger partial charge < -0.3 is 19.6 Å². The average Bonchev–Trinajstić information content (AvgIpc) is 3.17. The lowest BCUT2D eigenvalue weighted by Gasteiger charge is -2.07. The quantitative estimate of drug-likeness (QED) is 0.471. The number of carbonyl (C=O) groups is 2. The van der Waals surface area contributed by atoms with Crippen LogP contribution >= 0.6 is 34.5 Å². The Morgan fingerprint density at radius 3 is 2.64 bits per heavy atom. The molecule has 8 nitrogen and oxygen atoms in total. The third-order valence-electron chi connectivity index (χ3n) is 3.75. The van der Waals surface area contributed by atoms with Gasteiger partial charge in [-0.2, -0.15) is 0 Å². The van der Waals surface area contributed by atoms with E-state index in [4.69, 9.17) is 32.7 Å². The Hall–Kier alpha value is -2.33. The number of aryl methyl sites for hydroxylation is 1. The van der Waals surface area contributed by atoms with Gasteiger partial charge in [0.25, 0.3) is 5.91 Å². The summed E-state index contributed by atoms with van der Waals surface area (Å²) in [5.41, 5.74) is 1.18. The van der Waals surface area contributed by atoms with Gasteiger partial charge in [0.1, 0.15) is 23.6 Å². The Balaban J connectivity index is 1.93. The maximum atomic E-state index is 12.5. The van der Waals surface area contributed by atoms with Crippen molar-refractivity contribution in [1.82, 2.24) is 9.97 Å². The minimum absolute atomic E-state index is 0.0521. The number of rotatable bonds is 7. The maximum absolute atomic E-state index is 12.5. The van der Waals surface area contributed by atoms with Crippen LogP contribution in [0.5, 0.6) is 5.75 Å². The molecule has 28 heavy (non-hydrogen) atoms. The number of carbonyl (C=O) groups excluding carboxylic acids is 1. The van der Waals surface area contributed by atoms with E-state index in [-0.39, 0.29) is 33.0 Å². The number of methoxy groups -OCH3 is 1. The third-order valence-corrected chi connectivity index (χ3v) is 5.62. The summed E-state index contributed by atoms with van der Waals surface area (Å²) in [6.45, 7) is 2.25. The van der Waals surface area contributed by atoms with Crippen LogP contribution in [-0.2, 0) is 4.74 Å². The highest BCUT2D eigenvalue weighted by Crippen LogP contribution is 2.35. The fraction of sp³-hybridized carbons (Fsp3) is 0.235. The minimum atomic E-state index is -1.10. The number of carboxylic acid groups (broad SMARTS) is 1. The molecule has 0 spiro atoms. The summed E-state index contributed by atoms with van der Waals surface area (Å²) in [6, 6.07) is 2.85. The average molecular weight is 444 g/mol. The highest BCUT2D eigenvalue weighted by Gasteiger charge is 2.20. The van der Waals surface area contributed by atoms with Gasteiger partial charge in [-0.25, -0.2) is 9.78 Å². The van der Waals surface area contributed by atoms with Crippen molar-refractivity contribution in [3.05, 3.63) is 39.1 Å². The number of hydrogen-bond donors (Lipinski definition) is 3. The molecule has 3 N–H and O–H groups in total. The Labute approximate surface area is 173 Å². The number of aromatic carboxylic acids is 1. The first-order chi connectivity index (χ1) is 13.3. The maximum Gasteiger partial charge on any atom is 0.335 e. The number of benzene rings is 1. The van der Waals surface area contributed by atoms with Crippen molar-refractivity contribution in [3.8, 4) is 5.75 Å². The molecule has 1 aromatic carbocycles. The number of aromatic nitrogens is 2. The van der Waals surface area contributed by atoms with Crippen LogP contribution in [0.15, 0.2) is 12.1 Å². The Morgan fingerprint density at radius 2 is 2.04 bits per heavy atom. The van der Waals surface area contributed by atoms with Gasteiger partial charge in [-0.15, -0.1) is 0 Å². The highest BCUT2D eigenvalue weighted by atomic mass is 35.5. The van der Waals surface area contributed by atoms with Crippen LogP contribution in [0.3, 0.4) is 0 Å². The molecule has 3 aromatic rings. The van der Waals surface area contributed by atoms with Gasteiger partial charge in [0, 0.05) is 12.8 Å². The smallest absolute Gasteiger partial charge is 0.335 e. The summed E-state index contributed by atoms with van der Waals surface area (Å²) in [6.07, 6.45) is 0. The van der Waals surface area contributed by atoms with Gasteiger partial charge >= 0.3 is 5.97 Å². The second-order valence-corrected chi connectivity index (χ2v) is 7.48. The Bertz CT molecular complexity index is 1060. The number of nitrogens with zero attached hydrogens (tertiary/aromatic N) is 1. The van der Waals surface area contributed by atoms with Crippen LogP contribution < -0.4 is 10.1 Å². The van der Waals surface area contributed by atoms with Crippen molar-refractivity contribution in [1.29, 1.82) is 0 Å². The van der Waals surface area contributed by atoms with E-state index < -0.39 is 11.9 Å². The highest BCUT2D eigenvalue weighted by molar-refractivity contribution is 7.22. The Kier molecular flexibility index (Phi) is 6.09. The largest absolute Gasteiger partial charge is 0.489 e. The van der Waals surface area contributed by atoms with E-state index in [9.17, 15) is 14.7 Å². The normalized spacial score (nSPS) is 11.0. The second kappa shape index (κ2) is 8.36. The second-order valence-electron chi connectivity index (χ2n) is 5.69. The van der Waals surface area contributed by atoms with Crippen molar-refractivity contribution in [2.45, 2.75) is 6.92 Å². The molecule has 0 saturated carbocycles. The van der Waals surface area contributed by atoms with E-state index in [0.717, 1.165) is 11.3 Å². The number of carboxylic acids is 1. The lowest BCUT2D eigenvalue weighted by atomic mass is 10.2. The fourth-order valence-electron chi connectivity index (χ4n) is 2.41. The van der Waals surface area contributed by atoms with Gasteiger partial charge in [-0.1, -0.05) is 34.5 Å². The van der Waals surface area contributed by atoms with E-state index in [1.807, 2.05) is 0 Å². The molecule has 2 aromatic heterocycles. The standard InChI is InChI=1S/C17H15Cl2N3O5S/c1-7-11(18)12(19)14(20-7)15(23)22-17-21-13-9(27-4-3-26-2)5-8(16(24)25)6-10(13)28-17/h5-6,20H,3-4H2,1-2H3,(H,24,25)(H,21,22,23). The van der Waals surface area contributed by atoms with E-state index in [1.54, 1.807) is 6.92 Å². The molecular weight excluding hydrogens is 429 g/mol. The first-order valence-corrected chi connectivity index (χ1v) is 9.53. The van der Waals surface area contributed by atoms with Crippen molar-refractivity contribution in [2.75, 3.05) is 25.6 Å². The zero-order valence-corrected chi connectivity index (χ0v) is 17.1. The molecule has 0 aliphatic rings. The van der Waals surface area contributed by atoms with Gasteiger partial charge in [0.2, 0.25) is 0 Å². The molecule has 0 unspecified atom stereocenters. The predicted octanol–water partition coefficient (Wildman–Crippen LogP) is 4.22. The lowest BCUT2D eigenvalue weighted by Crippen LogP contribution is -2.12. The molecule has 0 saturated heterocycles. The number of ether oxygens (including phenoxy) is 2. The van der Waals surface area contributed by atoms with Crippen LogP contribution in [-0.4, -0.2) is 47.3 Å². The zero-order valence-electron chi connectivity index (χ0n) is 14.8. The molecule has 0 aliphatic heterocycles. The number of H-pyrrole nitrogens is 1. The predicted molar refractivity (Wildman–Crippen MR) is 107 cm³/mol. The van der Waals surface area contributed by atoms with E-state index in [1.165, 1.54) is 19.2 Å². The third kappa shape index (κ3) is 4.07. The summed E-state index contributed by atoms with van der Waals surface area (Å²) < 4.78 is 11.1. The van der Waals surface area contributed by atoms with E-state index >= 15 is 0 Å². The minimum Gasteiger partial charge on any atom is -0.489 e. The molecule has 0 radical (unpaired) electrons. The first-order valence-electron chi connectivity index (χ1n) is 7.96. The van der Waals surface area contributed by atoms with Crippen LogP contribution in [0.2, 0.25) is 10.0 Å². The molecule has 11 heteroatoms. The number of amides is 1. The molecule has 2 heterocycles. The van der Waals surface area contributed by atoms with E-state index in [2.05, 4.69) is 15.3 Å². The fourth-order valence-corrected chi connectivity index (χ4v) is 3.74. The monoisotopic (exact) mass is 443 g/mol. The molecule has 0 atom stereocenters. The summed E-state index contributed by atoms with van der Waals surface area (Å²) in [4.78, 5) is 31.0. The number of fused-ring (bicyclic) bond motifs is 1. The summed E-state index contributed by atoms with van der Waals surface area (Å²) in [5.74, 6) is -1.32. The zero-order chi connectivity index (χ0) is 20.4. The van der Waals surface area contributed by atoms with Crippen LogP contribution in [0.4, 0.5) is 5.13 Å². The summed E-state index contributed by atoms with van der Waals surface area (Å²) in [5, 5.41) is 12.6. The summed E-state index contributed by atoms with van der Waals surface area (Å²) >= 11 is 13.2. The van der Waals surface area contributed by atoms with Crippen molar-refractivity contribution in [2.24, 2.45) is 0 Å². The number of nitrogens with one attached hydrogen (secondary N) is 2. The first kappa shape index (κ1) is 20.4. The topological polar surface area (TPSA) is 114 Å². The Morgan fingerprint density at radius 1 is 1.29 bits per heavy atom. The number of aromatic amines is 1. The lowest BCUT2D eigenvalue weighted by molar-refractivity contribution is 0.0696. The number of hydrogen-bond acceptors (Lipinski definition) is 6. The van der Waals surface area contributed by atoms with E-state index in [0.29, 0.717) is 28.3 Å². The summed E-state index contributed by atoms with van der Waals surface area (Å²) in [7, 11) is 1.53. The number of anilines is 1. The van der Waals surface area contributed by atoms with Gasteiger partial charge in [-0.05, 0) is 19.1 Å². The van der Waals surface area contributed by atoms with Crippen molar-refractivity contribution >= 4 is 61.8 Å². The SMILES string of the molecule is COCCOc1cc(C(=O)O)cc2sc(NC(=O)c3[nH]c(C)c(Cl)c3Cl)nc12. The van der Waals surface area contributed by atoms with Gasteiger partial charge in [0.15, 0.2) is 5.13 Å². The molecular formula is C17H15Cl2N3O5S. The molecule has 3 rings (SSSR count). The number of halogens is 2. The molecule has 1 amide bonds. The van der Waals surface area contributed by atoms with Gasteiger partial charge in [0.05, 0.1) is 26.9 Å². The van der Waals surface area contributed by atoms with Crippen LogP contribution in [0.25, 0.3) is 10.2 Å². The molecule has 148 valence electrons. The van der Waals surface area contributed by atoms with Gasteiger partial charge in [-0.3, -0.25) is 10.1 Å². The van der Waals surface area contributed by atoms with Crippen molar-refractivity contribution in [3.63, 3.8) is 0 Å². The molecule has 0 bridgehead atoms. The number of thiazole rings is 1. The van der Waals surface area contributed by atoms with Crippen molar-refractivity contribution < 1.29 is 24.2 Å². The molecule has 0 aliphatic carbocycles.